The van der Waals surface area contributed by atoms with Gasteiger partial charge in [0.1, 0.15) is 0 Å². The minimum atomic E-state index is 0.305. The van der Waals surface area contributed by atoms with Crippen molar-refractivity contribution in [1.29, 1.82) is 0 Å². The molecule has 1 heterocycles. The monoisotopic (exact) mass is 267 g/mol. The molecule has 0 aromatic rings. The molecule has 2 rings (SSSR count). The Hall–Kier alpha value is -0.120. The molecular weight excluding hydrogens is 234 g/mol. The molecule has 1 N–H and O–H groups in total. The average Bonchev–Trinajstić information content (AvgIpc) is 2.40. The summed E-state index contributed by atoms with van der Waals surface area (Å²) in [5.41, 5.74) is 0.305. The molecule has 0 bridgehead atoms. The van der Waals surface area contributed by atoms with Gasteiger partial charge in [0.25, 0.3) is 0 Å². The van der Waals surface area contributed by atoms with Gasteiger partial charge in [0.05, 0.1) is 0 Å². The van der Waals surface area contributed by atoms with Gasteiger partial charge in [-0.25, -0.2) is 0 Å². The normalized spacial score (nSPS) is 30.8. The van der Waals surface area contributed by atoms with Crippen molar-refractivity contribution in [1.82, 2.24) is 15.1 Å². The maximum absolute atomic E-state index is 3.45. The van der Waals surface area contributed by atoms with Crippen molar-refractivity contribution in [2.24, 2.45) is 5.92 Å². The van der Waals surface area contributed by atoms with E-state index in [-0.39, 0.29) is 0 Å². The van der Waals surface area contributed by atoms with Gasteiger partial charge in [0.2, 0.25) is 0 Å². The maximum Gasteiger partial charge on any atom is 0.0281 e. The van der Waals surface area contributed by atoms with Crippen LogP contribution in [0.2, 0.25) is 0 Å². The fourth-order valence-corrected chi connectivity index (χ4v) is 3.79. The molecule has 3 nitrogen and oxygen atoms in total. The summed E-state index contributed by atoms with van der Waals surface area (Å²) in [5, 5.41) is 3.45. The van der Waals surface area contributed by atoms with Gasteiger partial charge < -0.3 is 10.2 Å². The van der Waals surface area contributed by atoms with Crippen LogP contribution in [-0.4, -0.2) is 61.2 Å². The fourth-order valence-electron chi connectivity index (χ4n) is 3.79. The molecule has 1 saturated carbocycles. The molecule has 0 amide bonds. The quantitative estimate of drug-likeness (QED) is 0.842. The van der Waals surface area contributed by atoms with Crippen molar-refractivity contribution < 1.29 is 0 Å². The summed E-state index contributed by atoms with van der Waals surface area (Å²) in [6.45, 7) is 13.1. The van der Waals surface area contributed by atoms with E-state index < -0.39 is 0 Å². The molecule has 19 heavy (non-hydrogen) atoms. The van der Waals surface area contributed by atoms with Crippen molar-refractivity contribution in [2.75, 3.05) is 39.8 Å². The highest BCUT2D eigenvalue weighted by Gasteiger charge is 2.31. The molecule has 0 aromatic heterocycles. The molecule has 0 spiro atoms. The Balaban J connectivity index is 1.84. The van der Waals surface area contributed by atoms with Crippen LogP contribution in [0.15, 0.2) is 0 Å². The van der Waals surface area contributed by atoms with E-state index in [1.54, 1.807) is 0 Å². The van der Waals surface area contributed by atoms with E-state index in [0.717, 1.165) is 25.0 Å². The standard InChI is InChI=1S/C16H33N3/c1-14-5-7-15(8-6-14)18(4)13-16(2,3)19-11-9-17-10-12-19/h14-15,17H,5-13H2,1-4H3. The van der Waals surface area contributed by atoms with Crippen molar-refractivity contribution in [2.45, 2.75) is 58.0 Å². The molecule has 0 radical (unpaired) electrons. The van der Waals surface area contributed by atoms with Gasteiger partial charge >= 0.3 is 0 Å². The van der Waals surface area contributed by atoms with Gasteiger partial charge in [-0.2, -0.15) is 0 Å². The summed E-state index contributed by atoms with van der Waals surface area (Å²) in [6, 6.07) is 0.818. The molecule has 0 unspecified atom stereocenters. The van der Waals surface area contributed by atoms with Crippen LogP contribution in [0, 0.1) is 5.92 Å². The Labute approximate surface area is 119 Å². The third kappa shape index (κ3) is 4.17. The highest BCUT2D eigenvalue weighted by Crippen LogP contribution is 2.28. The lowest BCUT2D eigenvalue weighted by Crippen LogP contribution is -2.58. The smallest absolute Gasteiger partial charge is 0.0281 e. The van der Waals surface area contributed by atoms with E-state index in [1.165, 1.54) is 45.3 Å². The molecule has 1 saturated heterocycles. The molecule has 1 aliphatic heterocycles. The number of rotatable bonds is 4. The third-order valence-corrected chi connectivity index (χ3v) is 5.22. The summed E-state index contributed by atoms with van der Waals surface area (Å²) in [4.78, 5) is 5.29. The highest BCUT2D eigenvalue weighted by atomic mass is 15.3. The number of hydrogen-bond acceptors (Lipinski definition) is 3. The van der Waals surface area contributed by atoms with Crippen molar-refractivity contribution >= 4 is 0 Å². The fraction of sp³-hybridized carbons (Fsp3) is 1.00. The number of hydrogen-bond donors (Lipinski definition) is 1. The number of nitrogens with one attached hydrogen (secondary N) is 1. The largest absolute Gasteiger partial charge is 0.314 e. The lowest BCUT2D eigenvalue weighted by atomic mass is 9.86. The van der Waals surface area contributed by atoms with Crippen LogP contribution in [0.25, 0.3) is 0 Å². The summed E-state index contributed by atoms with van der Waals surface area (Å²) < 4.78 is 0. The molecule has 3 heteroatoms. The minimum absolute atomic E-state index is 0.305. The Kier molecular flexibility index (Phi) is 5.27. The second kappa shape index (κ2) is 6.55. The SMILES string of the molecule is CC1CCC(N(C)CC(C)(C)N2CCNCC2)CC1. The number of nitrogens with zero attached hydrogens (tertiary/aromatic N) is 2. The number of likely N-dealkylation sites (N-methyl/N-ethyl adjacent to an activating group) is 1. The zero-order valence-electron chi connectivity index (χ0n) is 13.4. The molecule has 2 fully saturated rings. The van der Waals surface area contributed by atoms with Gasteiger partial charge in [0, 0.05) is 44.3 Å². The van der Waals surface area contributed by atoms with Gasteiger partial charge in [-0.3, -0.25) is 4.90 Å². The summed E-state index contributed by atoms with van der Waals surface area (Å²) in [7, 11) is 2.34. The van der Waals surface area contributed by atoms with Gasteiger partial charge in [0.15, 0.2) is 0 Å². The predicted octanol–water partition coefficient (Wildman–Crippen LogP) is 2.18. The zero-order chi connectivity index (χ0) is 13.9. The summed E-state index contributed by atoms with van der Waals surface area (Å²) in [5.74, 6) is 0.950. The van der Waals surface area contributed by atoms with Crippen molar-refractivity contribution in [3.8, 4) is 0 Å². The van der Waals surface area contributed by atoms with Crippen LogP contribution in [-0.2, 0) is 0 Å². The topological polar surface area (TPSA) is 18.5 Å². The van der Waals surface area contributed by atoms with Crippen LogP contribution in [0.4, 0.5) is 0 Å². The van der Waals surface area contributed by atoms with E-state index in [0.29, 0.717) is 5.54 Å². The second-order valence-electron chi connectivity index (χ2n) is 7.38. The Morgan fingerprint density at radius 2 is 1.68 bits per heavy atom. The molecule has 1 aliphatic carbocycles. The van der Waals surface area contributed by atoms with Gasteiger partial charge in [-0.05, 0) is 52.5 Å². The molecule has 112 valence electrons. The summed E-state index contributed by atoms with van der Waals surface area (Å²) in [6.07, 6.45) is 5.64. The molecular formula is C16H33N3. The van der Waals surface area contributed by atoms with Gasteiger partial charge in [-0.1, -0.05) is 6.92 Å². The average molecular weight is 267 g/mol. The Morgan fingerprint density at radius 3 is 2.26 bits per heavy atom. The molecule has 0 aromatic carbocycles. The van der Waals surface area contributed by atoms with E-state index in [4.69, 9.17) is 0 Å². The Morgan fingerprint density at radius 1 is 1.11 bits per heavy atom. The van der Waals surface area contributed by atoms with Crippen molar-refractivity contribution in [3.63, 3.8) is 0 Å². The maximum atomic E-state index is 3.45. The predicted molar refractivity (Wildman–Crippen MR) is 82.6 cm³/mol. The van der Waals surface area contributed by atoms with E-state index in [2.05, 4.69) is 42.9 Å². The lowest BCUT2D eigenvalue weighted by molar-refractivity contribution is 0.0481. The highest BCUT2D eigenvalue weighted by molar-refractivity contribution is 4.89. The first-order valence-electron chi connectivity index (χ1n) is 8.15. The first kappa shape index (κ1) is 15.3. The van der Waals surface area contributed by atoms with E-state index in [9.17, 15) is 0 Å². The van der Waals surface area contributed by atoms with Crippen LogP contribution in [0.5, 0.6) is 0 Å². The van der Waals surface area contributed by atoms with E-state index >= 15 is 0 Å². The Bertz CT molecular complexity index is 263. The minimum Gasteiger partial charge on any atom is -0.314 e. The van der Waals surface area contributed by atoms with Crippen LogP contribution >= 0.6 is 0 Å². The van der Waals surface area contributed by atoms with Crippen LogP contribution in [0.3, 0.4) is 0 Å². The molecule has 0 atom stereocenters. The van der Waals surface area contributed by atoms with Crippen LogP contribution < -0.4 is 5.32 Å². The lowest BCUT2D eigenvalue weighted by Gasteiger charge is -2.45. The first-order chi connectivity index (χ1) is 8.99. The van der Waals surface area contributed by atoms with Gasteiger partial charge in [-0.15, -0.1) is 0 Å². The number of piperazine rings is 1. The molecule has 2 aliphatic rings. The zero-order valence-corrected chi connectivity index (χ0v) is 13.4. The summed E-state index contributed by atoms with van der Waals surface area (Å²) >= 11 is 0. The third-order valence-electron chi connectivity index (χ3n) is 5.22. The second-order valence-corrected chi connectivity index (χ2v) is 7.38. The van der Waals surface area contributed by atoms with E-state index in [1.807, 2.05) is 0 Å². The first-order valence-corrected chi connectivity index (χ1v) is 8.15. The van der Waals surface area contributed by atoms with Crippen LogP contribution in [0.1, 0.15) is 46.5 Å². The van der Waals surface area contributed by atoms with Crippen molar-refractivity contribution in [3.05, 3.63) is 0 Å².